The molecule has 18 heavy (non-hydrogen) atoms. The Bertz CT molecular complexity index is 407. The number of nitrogens with two attached hydrogens (primary N) is 1. The van der Waals surface area contributed by atoms with Crippen molar-refractivity contribution in [2.45, 2.75) is 45.1 Å². The van der Waals surface area contributed by atoms with E-state index in [4.69, 9.17) is 15.2 Å². The summed E-state index contributed by atoms with van der Waals surface area (Å²) in [6.07, 6.45) is 3.76. The highest BCUT2D eigenvalue weighted by atomic mass is 16.5. The van der Waals surface area contributed by atoms with Crippen LogP contribution in [0.1, 0.15) is 39.2 Å². The van der Waals surface area contributed by atoms with Gasteiger partial charge in [-0.25, -0.2) is 4.98 Å². The third-order valence-corrected chi connectivity index (χ3v) is 3.19. The highest BCUT2D eigenvalue weighted by Gasteiger charge is 2.24. The average molecular weight is 250 g/mol. The maximum Gasteiger partial charge on any atom is 0.166 e. The molecule has 0 amide bonds. The van der Waals surface area contributed by atoms with Gasteiger partial charge in [-0.1, -0.05) is 20.8 Å². The fourth-order valence-corrected chi connectivity index (χ4v) is 2.14. The molecule has 4 heteroatoms. The Morgan fingerprint density at radius 1 is 1.33 bits per heavy atom. The van der Waals surface area contributed by atoms with E-state index < -0.39 is 0 Å². The summed E-state index contributed by atoms with van der Waals surface area (Å²) < 4.78 is 11.4. The molecule has 2 N–H and O–H groups in total. The molecule has 2 heterocycles. The molecule has 0 spiro atoms. The summed E-state index contributed by atoms with van der Waals surface area (Å²) in [7, 11) is 0. The fourth-order valence-electron chi connectivity index (χ4n) is 2.14. The van der Waals surface area contributed by atoms with Crippen molar-refractivity contribution >= 4 is 5.82 Å². The molecule has 2 rings (SSSR count). The van der Waals surface area contributed by atoms with E-state index in [9.17, 15) is 0 Å². The number of pyridine rings is 1. The minimum atomic E-state index is -0.00242. The smallest absolute Gasteiger partial charge is 0.166 e. The monoisotopic (exact) mass is 250 g/mol. The predicted molar refractivity (Wildman–Crippen MR) is 71.8 cm³/mol. The lowest BCUT2D eigenvalue weighted by atomic mass is 9.87. The van der Waals surface area contributed by atoms with E-state index in [1.54, 1.807) is 6.20 Å². The third-order valence-electron chi connectivity index (χ3n) is 3.19. The standard InChI is InChI=1S/C14H22N2O2/c1-14(2,3)11-4-7-16-13(15)12(11)18-10-5-8-17-9-6-10/h4,7,10H,5-6,8-9H2,1-3H3,(H2,15,16). The van der Waals surface area contributed by atoms with Gasteiger partial charge in [0.15, 0.2) is 11.6 Å². The van der Waals surface area contributed by atoms with Crippen molar-refractivity contribution in [3.63, 3.8) is 0 Å². The van der Waals surface area contributed by atoms with E-state index in [1.165, 1.54) is 0 Å². The van der Waals surface area contributed by atoms with Gasteiger partial charge in [0.25, 0.3) is 0 Å². The van der Waals surface area contributed by atoms with Gasteiger partial charge in [0.05, 0.1) is 13.2 Å². The van der Waals surface area contributed by atoms with E-state index >= 15 is 0 Å². The molecular formula is C14H22N2O2. The van der Waals surface area contributed by atoms with Crippen molar-refractivity contribution in [3.05, 3.63) is 17.8 Å². The quantitative estimate of drug-likeness (QED) is 0.876. The Labute approximate surface area is 108 Å². The van der Waals surface area contributed by atoms with Crippen LogP contribution in [0.15, 0.2) is 12.3 Å². The molecule has 0 saturated carbocycles. The summed E-state index contributed by atoms with van der Waals surface area (Å²) in [4.78, 5) is 4.14. The first-order valence-electron chi connectivity index (χ1n) is 6.48. The summed E-state index contributed by atoms with van der Waals surface area (Å²) in [6, 6.07) is 1.99. The van der Waals surface area contributed by atoms with Gasteiger partial charge in [-0.05, 0) is 11.5 Å². The lowest BCUT2D eigenvalue weighted by molar-refractivity contribution is 0.0250. The summed E-state index contributed by atoms with van der Waals surface area (Å²) >= 11 is 0. The number of nitrogen functional groups attached to an aromatic ring is 1. The molecule has 1 saturated heterocycles. The SMILES string of the molecule is CC(C)(C)c1ccnc(N)c1OC1CCOCC1. The van der Waals surface area contributed by atoms with Crippen molar-refractivity contribution in [1.29, 1.82) is 0 Å². The van der Waals surface area contributed by atoms with Crippen LogP contribution in [0.4, 0.5) is 5.82 Å². The van der Waals surface area contributed by atoms with Crippen molar-refractivity contribution in [2.75, 3.05) is 18.9 Å². The molecule has 1 aromatic rings. The third kappa shape index (κ3) is 2.93. The minimum Gasteiger partial charge on any atom is -0.486 e. The molecule has 0 radical (unpaired) electrons. The molecule has 1 fully saturated rings. The highest BCUT2D eigenvalue weighted by Crippen LogP contribution is 2.35. The van der Waals surface area contributed by atoms with Gasteiger partial charge in [0, 0.05) is 24.6 Å². The van der Waals surface area contributed by atoms with Crippen LogP contribution in [0, 0.1) is 0 Å². The normalized spacial score (nSPS) is 17.7. The lowest BCUT2D eigenvalue weighted by Crippen LogP contribution is -2.27. The van der Waals surface area contributed by atoms with E-state index in [-0.39, 0.29) is 11.5 Å². The van der Waals surface area contributed by atoms with Crippen molar-refractivity contribution in [2.24, 2.45) is 0 Å². The van der Waals surface area contributed by atoms with Crippen molar-refractivity contribution in [1.82, 2.24) is 4.98 Å². The number of anilines is 1. The van der Waals surface area contributed by atoms with Gasteiger partial charge in [0.1, 0.15) is 6.10 Å². The zero-order valence-electron chi connectivity index (χ0n) is 11.4. The number of aromatic nitrogens is 1. The molecule has 0 bridgehead atoms. The van der Waals surface area contributed by atoms with Crippen LogP contribution >= 0.6 is 0 Å². The van der Waals surface area contributed by atoms with Gasteiger partial charge < -0.3 is 15.2 Å². The Hall–Kier alpha value is -1.29. The molecule has 4 nitrogen and oxygen atoms in total. The van der Waals surface area contributed by atoms with E-state index in [0.29, 0.717) is 5.82 Å². The molecule has 1 aliphatic rings. The van der Waals surface area contributed by atoms with Crippen LogP contribution in [0.5, 0.6) is 5.75 Å². The molecule has 1 aliphatic heterocycles. The number of hydrogen-bond acceptors (Lipinski definition) is 4. The Kier molecular flexibility index (Phi) is 3.76. The maximum absolute atomic E-state index is 6.08. The molecular weight excluding hydrogens is 228 g/mol. The van der Waals surface area contributed by atoms with E-state index in [1.807, 2.05) is 6.07 Å². The van der Waals surface area contributed by atoms with Gasteiger partial charge >= 0.3 is 0 Å². The van der Waals surface area contributed by atoms with Crippen LogP contribution in [-0.4, -0.2) is 24.3 Å². The average Bonchev–Trinajstić information content (AvgIpc) is 2.32. The molecule has 100 valence electrons. The molecule has 0 aliphatic carbocycles. The van der Waals surface area contributed by atoms with Gasteiger partial charge in [-0.2, -0.15) is 0 Å². The Morgan fingerprint density at radius 2 is 2.00 bits per heavy atom. The number of nitrogens with zero attached hydrogens (tertiary/aromatic N) is 1. The second-order valence-corrected chi connectivity index (χ2v) is 5.75. The van der Waals surface area contributed by atoms with Crippen LogP contribution in [0.25, 0.3) is 0 Å². The highest BCUT2D eigenvalue weighted by molar-refractivity contribution is 5.53. The zero-order chi connectivity index (χ0) is 13.2. The topological polar surface area (TPSA) is 57.4 Å². The zero-order valence-corrected chi connectivity index (χ0v) is 11.4. The summed E-state index contributed by atoms with van der Waals surface area (Å²) in [5.74, 6) is 1.23. The maximum atomic E-state index is 6.08. The van der Waals surface area contributed by atoms with E-state index in [2.05, 4.69) is 25.8 Å². The molecule has 1 aromatic heterocycles. The molecule has 0 atom stereocenters. The van der Waals surface area contributed by atoms with Gasteiger partial charge in [0.2, 0.25) is 0 Å². The van der Waals surface area contributed by atoms with E-state index in [0.717, 1.165) is 37.4 Å². The van der Waals surface area contributed by atoms with Crippen LogP contribution in [0.2, 0.25) is 0 Å². The van der Waals surface area contributed by atoms with Crippen LogP contribution in [0.3, 0.4) is 0 Å². The van der Waals surface area contributed by atoms with Gasteiger partial charge in [-0.3, -0.25) is 0 Å². The molecule has 0 unspecified atom stereocenters. The largest absolute Gasteiger partial charge is 0.486 e. The Balaban J connectivity index is 2.25. The second kappa shape index (κ2) is 5.14. The summed E-state index contributed by atoms with van der Waals surface area (Å²) in [6.45, 7) is 7.97. The minimum absolute atomic E-state index is 0.00242. The first-order chi connectivity index (χ1) is 8.48. The Morgan fingerprint density at radius 3 is 2.61 bits per heavy atom. The first-order valence-corrected chi connectivity index (χ1v) is 6.48. The van der Waals surface area contributed by atoms with Crippen LogP contribution in [-0.2, 0) is 10.2 Å². The number of rotatable bonds is 2. The van der Waals surface area contributed by atoms with Crippen molar-refractivity contribution in [3.8, 4) is 5.75 Å². The second-order valence-electron chi connectivity index (χ2n) is 5.75. The number of ether oxygens (including phenoxy) is 2. The first kappa shape index (κ1) is 13.1. The molecule has 0 aromatic carbocycles. The summed E-state index contributed by atoms with van der Waals surface area (Å²) in [5.41, 5.74) is 7.08. The number of hydrogen-bond donors (Lipinski definition) is 1. The van der Waals surface area contributed by atoms with Crippen LogP contribution < -0.4 is 10.5 Å². The predicted octanol–water partition coefficient (Wildman–Crippen LogP) is 2.52. The van der Waals surface area contributed by atoms with Crippen molar-refractivity contribution < 1.29 is 9.47 Å². The fraction of sp³-hybridized carbons (Fsp3) is 0.643. The lowest BCUT2D eigenvalue weighted by Gasteiger charge is -2.28. The van der Waals surface area contributed by atoms with Gasteiger partial charge in [-0.15, -0.1) is 0 Å². The summed E-state index contributed by atoms with van der Waals surface area (Å²) in [5, 5.41) is 0.